The fourth-order valence-corrected chi connectivity index (χ4v) is 2.23. The molecule has 6 nitrogen and oxygen atoms in total. The van der Waals surface area contributed by atoms with E-state index in [9.17, 15) is 14.4 Å². The van der Waals surface area contributed by atoms with Gasteiger partial charge >= 0.3 is 0 Å². The van der Waals surface area contributed by atoms with Gasteiger partial charge in [-0.2, -0.15) is 0 Å². The first-order valence-electron chi connectivity index (χ1n) is 6.80. The van der Waals surface area contributed by atoms with Gasteiger partial charge in [-0.05, 0) is 18.9 Å². The van der Waals surface area contributed by atoms with Crippen LogP contribution in [-0.4, -0.2) is 53.3 Å². The molecule has 0 aliphatic carbocycles. The summed E-state index contributed by atoms with van der Waals surface area (Å²) in [5, 5.41) is 0. The number of likely N-dealkylation sites (tertiary alicyclic amines) is 1. The molecule has 1 aliphatic heterocycles. The van der Waals surface area contributed by atoms with E-state index in [1.165, 1.54) is 18.3 Å². The van der Waals surface area contributed by atoms with E-state index in [1.807, 2.05) is 0 Å². The number of piperidine rings is 1. The number of amides is 2. The van der Waals surface area contributed by atoms with Crippen LogP contribution in [0.25, 0.3) is 0 Å². The van der Waals surface area contributed by atoms with E-state index in [4.69, 9.17) is 0 Å². The molecule has 1 fully saturated rings. The van der Waals surface area contributed by atoms with Gasteiger partial charge in [0.15, 0.2) is 0 Å². The summed E-state index contributed by atoms with van der Waals surface area (Å²) >= 11 is 0. The third-order valence-electron chi connectivity index (χ3n) is 3.50. The van der Waals surface area contributed by atoms with Crippen LogP contribution in [-0.2, 0) is 4.79 Å². The number of carbonyl (C=O) groups is 2. The summed E-state index contributed by atoms with van der Waals surface area (Å²) < 4.78 is 0. The molecular weight excluding hydrogens is 258 g/mol. The van der Waals surface area contributed by atoms with Crippen molar-refractivity contribution in [2.75, 3.05) is 26.7 Å². The lowest BCUT2D eigenvalue weighted by molar-refractivity contribution is -0.133. The van der Waals surface area contributed by atoms with Crippen molar-refractivity contribution >= 4 is 11.8 Å². The molecule has 1 aromatic heterocycles. The minimum absolute atomic E-state index is 0.161. The Kier molecular flexibility index (Phi) is 4.55. The Hall–Kier alpha value is -2.11. The summed E-state index contributed by atoms with van der Waals surface area (Å²) in [7, 11) is 1.70. The number of hydrogen-bond donors (Lipinski definition) is 1. The van der Waals surface area contributed by atoms with Crippen molar-refractivity contribution in [3.63, 3.8) is 0 Å². The normalized spacial score (nSPS) is 15.2. The molecule has 0 unspecified atom stereocenters. The van der Waals surface area contributed by atoms with Crippen LogP contribution in [0.4, 0.5) is 0 Å². The molecule has 20 heavy (non-hydrogen) atoms. The van der Waals surface area contributed by atoms with Crippen LogP contribution in [0.3, 0.4) is 0 Å². The molecule has 1 saturated heterocycles. The highest BCUT2D eigenvalue weighted by Gasteiger charge is 2.19. The molecule has 108 valence electrons. The van der Waals surface area contributed by atoms with Crippen LogP contribution in [0.2, 0.25) is 0 Å². The van der Waals surface area contributed by atoms with Gasteiger partial charge < -0.3 is 14.8 Å². The number of aromatic nitrogens is 1. The molecule has 2 heterocycles. The number of aromatic amines is 1. The number of nitrogens with zero attached hydrogens (tertiary/aromatic N) is 2. The fourth-order valence-electron chi connectivity index (χ4n) is 2.23. The molecule has 6 heteroatoms. The van der Waals surface area contributed by atoms with Crippen molar-refractivity contribution < 1.29 is 9.59 Å². The molecule has 2 rings (SSSR count). The molecule has 1 aliphatic rings. The summed E-state index contributed by atoms with van der Waals surface area (Å²) in [6.07, 6.45) is 4.01. The first-order chi connectivity index (χ1) is 9.58. The van der Waals surface area contributed by atoms with E-state index in [-0.39, 0.29) is 17.4 Å². The van der Waals surface area contributed by atoms with Gasteiger partial charge in [-0.15, -0.1) is 0 Å². The minimum atomic E-state index is -0.233. The summed E-state index contributed by atoms with van der Waals surface area (Å²) in [6.45, 7) is 1.83. The molecule has 2 amide bonds. The fraction of sp³-hybridized carbons (Fsp3) is 0.500. The van der Waals surface area contributed by atoms with Crippen LogP contribution >= 0.6 is 0 Å². The largest absolute Gasteiger partial charge is 0.341 e. The van der Waals surface area contributed by atoms with Crippen LogP contribution < -0.4 is 5.56 Å². The van der Waals surface area contributed by atoms with E-state index in [2.05, 4.69) is 4.98 Å². The molecule has 1 aromatic rings. The lowest BCUT2D eigenvalue weighted by Gasteiger charge is -2.28. The molecule has 0 aromatic carbocycles. The highest BCUT2D eigenvalue weighted by Crippen LogP contribution is 2.10. The van der Waals surface area contributed by atoms with Crippen molar-refractivity contribution in [2.24, 2.45) is 0 Å². The maximum absolute atomic E-state index is 12.1. The monoisotopic (exact) mass is 277 g/mol. The molecule has 0 saturated carbocycles. The van der Waals surface area contributed by atoms with Gasteiger partial charge in [-0.1, -0.05) is 0 Å². The molecule has 0 radical (unpaired) electrons. The van der Waals surface area contributed by atoms with Crippen molar-refractivity contribution in [1.29, 1.82) is 0 Å². The van der Waals surface area contributed by atoms with Gasteiger partial charge in [0.2, 0.25) is 11.5 Å². The quantitative estimate of drug-likeness (QED) is 0.869. The van der Waals surface area contributed by atoms with Gasteiger partial charge in [0.25, 0.3) is 5.91 Å². The van der Waals surface area contributed by atoms with Crippen molar-refractivity contribution in [2.45, 2.75) is 19.3 Å². The Labute approximate surface area is 117 Å². The highest BCUT2D eigenvalue weighted by molar-refractivity contribution is 5.93. The van der Waals surface area contributed by atoms with Gasteiger partial charge in [-0.25, -0.2) is 0 Å². The van der Waals surface area contributed by atoms with Crippen molar-refractivity contribution in [3.05, 3.63) is 34.2 Å². The zero-order valence-corrected chi connectivity index (χ0v) is 11.6. The predicted molar refractivity (Wildman–Crippen MR) is 74.5 cm³/mol. The first kappa shape index (κ1) is 14.3. The van der Waals surface area contributed by atoms with Crippen LogP contribution in [0.5, 0.6) is 0 Å². The predicted octanol–water partition coefficient (Wildman–Crippen LogP) is 0.459. The third kappa shape index (κ3) is 3.46. The average Bonchev–Trinajstić information content (AvgIpc) is 2.46. The molecular formula is C14H19N3O3. The molecule has 0 atom stereocenters. The van der Waals surface area contributed by atoms with Crippen molar-refractivity contribution in [1.82, 2.24) is 14.8 Å². The lowest BCUT2D eigenvalue weighted by atomic mass is 10.1. The number of nitrogens with one attached hydrogen (secondary N) is 1. The second-order valence-corrected chi connectivity index (χ2v) is 5.01. The number of carbonyl (C=O) groups excluding carboxylic acids is 2. The first-order valence-corrected chi connectivity index (χ1v) is 6.80. The Morgan fingerprint density at radius 3 is 2.80 bits per heavy atom. The number of H-pyrrole nitrogens is 1. The zero-order valence-electron chi connectivity index (χ0n) is 11.6. The number of rotatable bonds is 4. The number of likely N-dealkylation sites (N-methyl/N-ethyl adjacent to an activating group) is 1. The lowest BCUT2D eigenvalue weighted by Crippen LogP contribution is -2.41. The van der Waals surface area contributed by atoms with Crippen LogP contribution in [0.1, 0.15) is 29.6 Å². The molecule has 0 spiro atoms. The van der Waals surface area contributed by atoms with Gasteiger partial charge in [-0.3, -0.25) is 14.4 Å². The summed E-state index contributed by atoms with van der Waals surface area (Å²) in [5.41, 5.74) is 0.209. The van der Waals surface area contributed by atoms with E-state index in [1.54, 1.807) is 16.8 Å². The topological polar surface area (TPSA) is 73.5 Å². The van der Waals surface area contributed by atoms with Crippen molar-refractivity contribution in [3.8, 4) is 0 Å². The van der Waals surface area contributed by atoms with Crippen LogP contribution in [0, 0.1) is 0 Å². The van der Waals surface area contributed by atoms with Crippen LogP contribution in [0.15, 0.2) is 23.1 Å². The Morgan fingerprint density at radius 1 is 1.35 bits per heavy atom. The Bertz CT molecular complexity index is 532. The van der Waals surface area contributed by atoms with E-state index >= 15 is 0 Å². The molecule has 1 N–H and O–H groups in total. The smallest absolute Gasteiger partial charge is 0.255 e. The maximum Gasteiger partial charge on any atom is 0.255 e. The second-order valence-electron chi connectivity index (χ2n) is 5.01. The molecule has 0 bridgehead atoms. The Balaban J connectivity index is 1.89. The maximum atomic E-state index is 12.1. The summed E-state index contributed by atoms with van der Waals surface area (Å²) in [5.74, 6) is 0.00634. The average molecular weight is 277 g/mol. The SMILES string of the molecule is CN(CCN1CCCCC1=O)C(=O)c1ccc(=O)[nH]c1. The highest BCUT2D eigenvalue weighted by atomic mass is 16.2. The van der Waals surface area contributed by atoms with Gasteiger partial charge in [0.1, 0.15) is 0 Å². The van der Waals surface area contributed by atoms with E-state index < -0.39 is 0 Å². The number of pyridine rings is 1. The zero-order chi connectivity index (χ0) is 14.5. The Morgan fingerprint density at radius 2 is 2.15 bits per heavy atom. The van der Waals surface area contributed by atoms with Gasteiger partial charge in [0, 0.05) is 45.4 Å². The second kappa shape index (κ2) is 6.36. The van der Waals surface area contributed by atoms with Gasteiger partial charge in [0.05, 0.1) is 5.56 Å². The van der Waals surface area contributed by atoms with E-state index in [0.29, 0.717) is 25.1 Å². The third-order valence-corrected chi connectivity index (χ3v) is 3.50. The summed E-state index contributed by atoms with van der Waals surface area (Å²) in [6, 6.07) is 2.83. The standard InChI is InChI=1S/C14H19N3O3/c1-16(8-9-17-7-3-2-4-13(17)19)14(20)11-5-6-12(18)15-10-11/h5-6,10H,2-4,7-9H2,1H3,(H,15,18). The summed E-state index contributed by atoms with van der Waals surface area (Å²) in [4.78, 5) is 40.6. The van der Waals surface area contributed by atoms with E-state index in [0.717, 1.165) is 19.4 Å². The number of hydrogen-bond acceptors (Lipinski definition) is 3. The minimum Gasteiger partial charge on any atom is -0.341 e.